The van der Waals surface area contributed by atoms with Gasteiger partial charge in [0.05, 0.1) is 0 Å². The van der Waals surface area contributed by atoms with E-state index in [2.05, 4.69) is 0 Å². The van der Waals surface area contributed by atoms with Gasteiger partial charge >= 0.3 is 6.09 Å². The van der Waals surface area contributed by atoms with Gasteiger partial charge in [-0.05, 0) is 70.9 Å². The number of rotatable bonds is 7. The molecule has 0 aromatic heterocycles. The SMILES string of the molecule is C/C=C(\C(=O)C(C)(C)OC(=O)N(C(C)C)C(C)C)C(O)c1ccc2ccccc2c1. The molecule has 2 aromatic rings. The minimum absolute atomic E-state index is 0.0622. The molecule has 1 unspecified atom stereocenters. The van der Waals surface area contributed by atoms with Crippen LogP contribution >= 0.6 is 0 Å². The summed E-state index contributed by atoms with van der Waals surface area (Å²) in [5.41, 5.74) is -0.606. The quantitative estimate of drug-likeness (QED) is 0.618. The van der Waals surface area contributed by atoms with E-state index in [-0.39, 0.29) is 17.7 Å². The van der Waals surface area contributed by atoms with Crippen molar-refractivity contribution in [1.82, 2.24) is 4.90 Å². The molecule has 30 heavy (non-hydrogen) atoms. The molecule has 1 atom stereocenters. The lowest BCUT2D eigenvalue weighted by Gasteiger charge is -2.34. The first-order valence-corrected chi connectivity index (χ1v) is 10.4. The van der Waals surface area contributed by atoms with Crippen LogP contribution < -0.4 is 0 Å². The predicted octanol–water partition coefficient (Wildman–Crippen LogP) is 5.42. The second-order valence-electron chi connectivity index (χ2n) is 8.56. The van der Waals surface area contributed by atoms with Crippen LogP contribution in [0.4, 0.5) is 4.79 Å². The number of benzene rings is 2. The predicted molar refractivity (Wildman–Crippen MR) is 120 cm³/mol. The summed E-state index contributed by atoms with van der Waals surface area (Å²) in [6.07, 6.45) is -0.0779. The van der Waals surface area contributed by atoms with Gasteiger partial charge in [0.1, 0.15) is 6.10 Å². The molecule has 0 bridgehead atoms. The Hall–Kier alpha value is -2.66. The van der Waals surface area contributed by atoms with Crippen molar-refractivity contribution in [1.29, 1.82) is 0 Å². The van der Waals surface area contributed by atoms with Gasteiger partial charge in [-0.1, -0.05) is 42.5 Å². The molecule has 5 nitrogen and oxygen atoms in total. The van der Waals surface area contributed by atoms with Crippen molar-refractivity contribution in [2.75, 3.05) is 0 Å². The van der Waals surface area contributed by atoms with Crippen molar-refractivity contribution in [3.63, 3.8) is 0 Å². The highest BCUT2D eigenvalue weighted by atomic mass is 16.6. The molecule has 0 spiro atoms. The van der Waals surface area contributed by atoms with Gasteiger partial charge in [0, 0.05) is 17.7 Å². The first-order valence-electron chi connectivity index (χ1n) is 10.4. The molecule has 1 N–H and O–H groups in total. The Morgan fingerprint density at radius 3 is 2.10 bits per heavy atom. The molecule has 1 amide bonds. The Morgan fingerprint density at radius 1 is 1.00 bits per heavy atom. The summed E-state index contributed by atoms with van der Waals surface area (Å²) in [4.78, 5) is 27.5. The van der Waals surface area contributed by atoms with Gasteiger partial charge in [0.2, 0.25) is 5.78 Å². The zero-order valence-electron chi connectivity index (χ0n) is 19.0. The summed E-state index contributed by atoms with van der Waals surface area (Å²) in [5, 5.41) is 13.0. The minimum Gasteiger partial charge on any atom is -0.435 e. The molecule has 2 aromatic carbocycles. The number of ketones is 1. The van der Waals surface area contributed by atoms with E-state index in [1.165, 1.54) is 0 Å². The van der Waals surface area contributed by atoms with Crippen molar-refractivity contribution < 1.29 is 19.4 Å². The van der Waals surface area contributed by atoms with Gasteiger partial charge in [0.25, 0.3) is 0 Å². The fourth-order valence-corrected chi connectivity index (χ4v) is 3.65. The Kier molecular flexibility index (Phi) is 7.43. The second kappa shape index (κ2) is 9.43. The van der Waals surface area contributed by atoms with Crippen LogP contribution in [0.2, 0.25) is 0 Å². The van der Waals surface area contributed by atoms with Crippen LogP contribution in [0.15, 0.2) is 54.1 Å². The maximum atomic E-state index is 13.2. The van der Waals surface area contributed by atoms with Gasteiger partial charge in [-0.25, -0.2) is 4.79 Å². The Labute approximate surface area is 179 Å². The van der Waals surface area contributed by atoms with Crippen LogP contribution in [-0.2, 0) is 9.53 Å². The smallest absolute Gasteiger partial charge is 0.411 e. The van der Waals surface area contributed by atoms with Crippen LogP contribution in [0.5, 0.6) is 0 Å². The van der Waals surface area contributed by atoms with Crippen LogP contribution in [0.25, 0.3) is 10.8 Å². The van der Waals surface area contributed by atoms with Crippen molar-refractivity contribution in [3.05, 3.63) is 59.7 Å². The number of aliphatic hydroxyl groups is 1. The maximum Gasteiger partial charge on any atom is 0.411 e. The van der Waals surface area contributed by atoms with Gasteiger partial charge in [0.15, 0.2) is 5.60 Å². The van der Waals surface area contributed by atoms with Crippen molar-refractivity contribution >= 4 is 22.6 Å². The van der Waals surface area contributed by atoms with Gasteiger partial charge in [-0.15, -0.1) is 0 Å². The number of allylic oxidation sites excluding steroid dienone is 1. The summed E-state index contributed by atoms with van der Waals surface area (Å²) < 4.78 is 5.61. The Balaban J connectivity index is 2.27. The molecular weight excluding hydrogens is 378 g/mol. The summed E-state index contributed by atoms with van der Waals surface area (Å²) >= 11 is 0. The van der Waals surface area contributed by atoms with E-state index >= 15 is 0 Å². The average molecular weight is 412 g/mol. The van der Waals surface area contributed by atoms with Crippen molar-refractivity contribution in [3.8, 4) is 0 Å². The number of ether oxygens (including phenoxy) is 1. The summed E-state index contributed by atoms with van der Waals surface area (Å²) in [6.45, 7) is 12.4. The number of hydrogen-bond donors (Lipinski definition) is 1. The average Bonchev–Trinajstić information content (AvgIpc) is 2.66. The molecule has 0 saturated heterocycles. The van der Waals surface area contributed by atoms with E-state index in [1.54, 1.807) is 31.7 Å². The number of nitrogens with zero attached hydrogens (tertiary/aromatic N) is 1. The molecule has 0 aliphatic carbocycles. The van der Waals surface area contributed by atoms with Crippen molar-refractivity contribution in [2.24, 2.45) is 0 Å². The van der Waals surface area contributed by atoms with Crippen molar-refractivity contribution in [2.45, 2.75) is 72.3 Å². The first kappa shape index (κ1) is 23.6. The molecule has 0 fully saturated rings. The van der Waals surface area contributed by atoms with E-state index in [9.17, 15) is 14.7 Å². The fraction of sp³-hybridized carbons (Fsp3) is 0.440. The summed E-state index contributed by atoms with van der Waals surface area (Å²) in [5.74, 6) is -0.425. The van der Waals surface area contributed by atoms with E-state index in [4.69, 9.17) is 4.74 Å². The molecule has 0 saturated carbocycles. The number of carbonyl (C=O) groups excluding carboxylic acids is 2. The number of aliphatic hydroxyl groups excluding tert-OH is 1. The number of Topliss-reactive ketones (excluding diaryl/α,β-unsaturated/α-hetero) is 1. The van der Waals surface area contributed by atoms with Gasteiger partial charge < -0.3 is 14.7 Å². The lowest BCUT2D eigenvalue weighted by Crippen LogP contribution is -2.48. The highest BCUT2D eigenvalue weighted by Gasteiger charge is 2.38. The van der Waals surface area contributed by atoms with E-state index in [0.717, 1.165) is 10.8 Å². The third kappa shape index (κ3) is 5.08. The zero-order valence-corrected chi connectivity index (χ0v) is 19.0. The summed E-state index contributed by atoms with van der Waals surface area (Å²) in [6, 6.07) is 13.3. The van der Waals surface area contributed by atoms with E-state index in [0.29, 0.717) is 5.56 Å². The molecule has 0 radical (unpaired) electrons. The highest BCUT2D eigenvalue weighted by molar-refractivity contribution is 6.03. The molecule has 0 aliphatic heterocycles. The third-order valence-electron chi connectivity index (χ3n) is 5.17. The van der Waals surface area contributed by atoms with E-state index in [1.807, 2.05) is 70.2 Å². The molecule has 5 heteroatoms. The number of carbonyl (C=O) groups is 2. The van der Waals surface area contributed by atoms with E-state index < -0.39 is 23.6 Å². The molecule has 162 valence electrons. The van der Waals surface area contributed by atoms with Gasteiger partial charge in [-0.3, -0.25) is 4.79 Å². The fourth-order valence-electron chi connectivity index (χ4n) is 3.65. The Morgan fingerprint density at radius 2 is 1.57 bits per heavy atom. The number of hydrogen-bond acceptors (Lipinski definition) is 4. The molecule has 0 heterocycles. The minimum atomic E-state index is -1.42. The number of amides is 1. The topological polar surface area (TPSA) is 66.8 Å². The second-order valence-corrected chi connectivity index (χ2v) is 8.56. The maximum absolute atomic E-state index is 13.2. The number of fused-ring (bicyclic) bond motifs is 1. The first-order chi connectivity index (χ1) is 14.0. The van der Waals surface area contributed by atoms with Gasteiger partial charge in [-0.2, -0.15) is 0 Å². The zero-order chi connectivity index (χ0) is 22.6. The highest BCUT2D eigenvalue weighted by Crippen LogP contribution is 2.30. The van der Waals surface area contributed by atoms with Crippen LogP contribution in [0, 0.1) is 0 Å². The molecular formula is C25H33NO4. The largest absolute Gasteiger partial charge is 0.435 e. The molecule has 0 aliphatic rings. The lowest BCUT2D eigenvalue weighted by molar-refractivity contribution is -0.132. The standard InChI is InChI=1S/C25H33NO4/c1-8-21(22(27)20-14-13-18-11-9-10-12-19(18)15-20)23(28)25(6,7)30-24(29)26(16(2)3)17(4)5/h8-17,22,27H,1-7H3/b21-8-. The lowest BCUT2D eigenvalue weighted by atomic mass is 9.89. The van der Waals surface area contributed by atoms with Crippen LogP contribution in [0.3, 0.4) is 0 Å². The molecule has 2 rings (SSSR count). The van der Waals surface area contributed by atoms with Crippen LogP contribution in [0.1, 0.15) is 60.1 Å². The Bertz CT molecular complexity index is 935. The van der Waals surface area contributed by atoms with Crippen LogP contribution in [-0.4, -0.2) is 39.6 Å². The normalized spacial score (nSPS) is 13.6. The monoisotopic (exact) mass is 411 g/mol. The third-order valence-corrected chi connectivity index (χ3v) is 5.17. The summed E-state index contributed by atoms with van der Waals surface area (Å²) in [7, 11) is 0.